The second-order valence-corrected chi connectivity index (χ2v) is 9.60. The summed E-state index contributed by atoms with van der Waals surface area (Å²) >= 11 is 0. The molecule has 1 N–H and O–H groups in total. The van der Waals surface area contributed by atoms with Gasteiger partial charge >= 0.3 is 0 Å². The summed E-state index contributed by atoms with van der Waals surface area (Å²) in [6.07, 6.45) is 1.61. The summed E-state index contributed by atoms with van der Waals surface area (Å²) in [7, 11) is -3.42. The molecule has 4 aromatic carbocycles. The van der Waals surface area contributed by atoms with Crippen LogP contribution in [-0.2, 0) is 9.84 Å². The van der Waals surface area contributed by atoms with Crippen LogP contribution in [-0.4, -0.2) is 25.5 Å². The molecule has 5 heteroatoms. The number of sulfone groups is 1. The Balaban J connectivity index is 1.54. The predicted octanol–water partition coefficient (Wildman–Crippen LogP) is 5.87. The quantitative estimate of drug-likeness (QED) is 0.390. The summed E-state index contributed by atoms with van der Waals surface area (Å²) in [6.45, 7) is 1.92. The molecule has 4 nitrogen and oxygen atoms in total. The highest BCUT2D eigenvalue weighted by Crippen LogP contribution is 2.27. The van der Waals surface area contributed by atoms with Gasteiger partial charge in [-0.05, 0) is 52.6 Å². The van der Waals surface area contributed by atoms with Crippen molar-refractivity contribution in [2.75, 3.05) is 5.75 Å². The van der Waals surface area contributed by atoms with E-state index in [1.165, 1.54) is 0 Å². The summed E-state index contributed by atoms with van der Waals surface area (Å²) in [5.74, 6) is 0.0959. The molecular formula is C26H23NO3S. The SMILES string of the molecule is CC(CS(=O)(=O)c1ccc(N=Cc2c(O)ccc3ccccc23)cc1)c1ccccc1. The second kappa shape index (κ2) is 8.74. The minimum absolute atomic E-state index is 0.0451. The molecule has 0 spiro atoms. The molecule has 0 saturated heterocycles. The Kier molecular flexibility index (Phi) is 5.87. The first kappa shape index (κ1) is 20.8. The number of hydrogen-bond donors (Lipinski definition) is 1. The van der Waals surface area contributed by atoms with Crippen molar-refractivity contribution >= 4 is 32.5 Å². The Morgan fingerprint density at radius 1 is 0.871 bits per heavy atom. The first-order valence-corrected chi connectivity index (χ1v) is 11.7. The van der Waals surface area contributed by atoms with Crippen LogP contribution in [0.3, 0.4) is 0 Å². The van der Waals surface area contributed by atoms with Crippen molar-refractivity contribution in [2.45, 2.75) is 17.7 Å². The molecule has 0 aliphatic carbocycles. The summed E-state index contributed by atoms with van der Waals surface area (Å²) in [6, 6.07) is 27.4. The van der Waals surface area contributed by atoms with Crippen molar-refractivity contribution < 1.29 is 13.5 Å². The first-order valence-electron chi connectivity index (χ1n) is 10.1. The van der Waals surface area contributed by atoms with Gasteiger partial charge in [-0.25, -0.2) is 8.42 Å². The maximum Gasteiger partial charge on any atom is 0.178 e. The zero-order valence-electron chi connectivity index (χ0n) is 17.1. The number of nitrogens with zero attached hydrogens (tertiary/aromatic N) is 1. The fourth-order valence-electron chi connectivity index (χ4n) is 3.60. The van der Waals surface area contributed by atoms with Gasteiger partial charge < -0.3 is 5.11 Å². The summed E-state index contributed by atoms with van der Waals surface area (Å²) in [4.78, 5) is 4.72. The van der Waals surface area contributed by atoms with E-state index in [1.54, 1.807) is 36.5 Å². The van der Waals surface area contributed by atoms with Crippen molar-refractivity contribution in [3.05, 3.63) is 102 Å². The Labute approximate surface area is 182 Å². The highest BCUT2D eigenvalue weighted by molar-refractivity contribution is 7.91. The van der Waals surface area contributed by atoms with E-state index < -0.39 is 9.84 Å². The highest BCUT2D eigenvalue weighted by atomic mass is 32.2. The number of fused-ring (bicyclic) bond motifs is 1. The number of rotatable bonds is 6. The highest BCUT2D eigenvalue weighted by Gasteiger charge is 2.19. The Hall–Kier alpha value is -3.44. The summed E-state index contributed by atoms with van der Waals surface area (Å²) < 4.78 is 25.7. The van der Waals surface area contributed by atoms with Crippen LogP contribution in [0.15, 0.2) is 101 Å². The van der Waals surface area contributed by atoms with Crippen LogP contribution in [0, 0.1) is 0 Å². The largest absolute Gasteiger partial charge is 0.507 e. The molecule has 4 aromatic rings. The van der Waals surface area contributed by atoms with E-state index >= 15 is 0 Å². The van der Waals surface area contributed by atoms with E-state index in [1.807, 2.05) is 67.6 Å². The number of phenols is 1. The van der Waals surface area contributed by atoms with Gasteiger partial charge in [0.25, 0.3) is 0 Å². The zero-order valence-corrected chi connectivity index (χ0v) is 18.0. The molecule has 0 bridgehead atoms. The van der Waals surface area contributed by atoms with Gasteiger partial charge in [0.1, 0.15) is 5.75 Å². The van der Waals surface area contributed by atoms with Crippen molar-refractivity contribution in [3.8, 4) is 5.75 Å². The molecule has 4 rings (SSSR count). The molecule has 0 radical (unpaired) electrons. The van der Waals surface area contributed by atoms with Crippen molar-refractivity contribution in [2.24, 2.45) is 4.99 Å². The average Bonchev–Trinajstić information content (AvgIpc) is 2.79. The molecule has 0 amide bonds. The predicted molar refractivity (Wildman–Crippen MR) is 126 cm³/mol. The number of aromatic hydroxyl groups is 1. The second-order valence-electron chi connectivity index (χ2n) is 7.56. The third-order valence-corrected chi connectivity index (χ3v) is 7.25. The standard InChI is InChI=1S/C26H23NO3S/c1-19(20-7-3-2-4-8-20)18-31(29,30)23-14-12-22(13-15-23)27-17-25-24-10-6-5-9-21(24)11-16-26(25)28/h2-17,19,28H,18H2,1H3. The minimum atomic E-state index is -3.42. The molecule has 0 aliphatic rings. The van der Waals surface area contributed by atoms with Gasteiger partial charge in [0.05, 0.1) is 16.3 Å². The van der Waals surface area contributed by atoms with Crippen molar-refractivity contribution in [3.63, 3.8) is 0 Å². The van der Waals surface area contributed by atoms with Gasteiger partial charge in [0.15, 0.2) is 9.84 Å². The maximum absolute atomic E-state index is 12.8. The van der Waals surface area contributed by atoms with E-state index in [-0.39, 0.29) is 22.3 Å². The summed E-state index contributed by atoms with van der Waals surface area (Å²) in [5.41, 5.74) is 2.25. The lowest BCUT2D eigenvalue weighted by Gasteiger charge is -2.12. The number of benzene rings is 4. The molecule has 31 heavy (non-hydrogen) atoms. The van der Waals surface area contributed by atoms with Gasteiger partial charge in [0, 0.05) is 11.8 Å². The molecule has 1 atom stereocenters. The normalized spacial score (nSPS) is 12.9. The fourth-order valence-corrected chi connectivity index (χ4v) is 5.20. The van der Waals surface area contributed by atoms with Crippen LogP contribution in [0.5, 0.6) is 5.75 Å². The van der Waals surface area contributed by atoms with Crippen LogP contribution < -0.4 is 0 Å². The van der Waals surface area contributed by atoms with Crippen molar-refractivity contribution in [1.29, 1.82) is 0 Å². The fraction of sp³-hybridized carbons (Fsp3) is 0.115. The van der Waals surface area contributed by atoms with E-state index in [0.717, 1.165) is 16.3 Å². The van der Waals surface area contributed by atoms with Crippen LogP contribution in [0.4, 0.5) is 5.69 Å². The Morgan fingerprint density at radius 3 is 2.29 bits per heavy atom. The van der Waals surface area contributed by atoms with Crippen LogP contribution in [0.25, 0.3) is 10.8 Å². The lowest BCUT2D eigenvalue weighted by molar-refractivity contribution is 0.475. The molecule has 0 heterocycles. The molecule has 0 saturated carbocycles. The van der Waals surface area contributed by atoms with E-state index in [0.29, 0.717) is 11.3 Å². The lowest BCUT2D eigenvalue weighted by Crippen LogP contribution is -2.12. The minimum Gasteiger partial charge on any atom is -0.507 e. The molecule has 0 fully saturated rings. The van der Waals surface area contributed by atoms with Gasteiger partial charge in [-0.2, -0.15) is 0 Å². The molecular weight excluding hydrogens is 406 g/mol. The third-order valence-electron chi connectivity index (χ3n) is 5.32. The monoisotopic (exact) mass is 429 g/mol. The molecule has 0 aromatic heterocycles. The van der Waals surface area contributed by atoms with Gasteiger partial charge in [-0.1, -0.05) is 67.6 Å². The number of hydrogen-bond acceptors (Lipinski definition) is 4. The third kappa shape index (κ3) is 4.67. The first-order chi connectivity index (χ1) is 14.9. The van der Waals surface area contributed by atoms with Crippen molar-refractivity contribution in [1.82, 2.24) is 0 Å². The smallest absolute Gasteiger partial charge is 0.178 e. The molecule has 1 unspecified atom stereocenters. The maximum atomic E-state index is 12.8. The van der Waals surface area contributed by atoms with Gasteiger partial charge in [-0.15, -0.1) is 0 Å². The van der Waals surface area contributed by atoms with E-state index in [9.17, 15) is 13.5 Å². The van der Waals surface area contributed by atoms with Gasteiger partial charge in [0.2, 0.25) is 0 Å². The molecule has 156 valence electrons. The van der Waals surface area contributed by atoms with E-state index in [4.69, 9.17) is 0 Å². The average molecular weight is 430 g/mol. The van der Waals surface area contributed by atoms with E-state index in [2.05, 4.69) is 4.99 Å². The topological polar surface area (TPSA) is 66.7 Å². The van der Waals surface area contributed by atoms with Crippen LogP contribution in [0.1, 0.15) is 24.0 Å². The number of phenolic OH excluding ortho intramolecular Hbond substituents is 1. The Morgan fingerprint density at radius 2 is 1.55 bits per heavy atom. The number of aliphatic imine (C=N–C) groups is 1. The van der Waals surface area contributed by atoms with Gasteiger partial charge in [-0.3, -0.25) is 4.99 Å². The van der Waals surface area contributed by atoms with Crippen LogP contribution in [0.2, 0.25) is 0 Å². The Bertz CT molecular complexity index is 1330. The lowest BCUT2D eigenvalue weighted by atomic mass is 10.0. The summed E-state index contributed by atoms with van der Waals surface area (Å²) in [5, 5.41) is 12.2. The molecule has 0 aliphatic heterocycles. The zero-order chi connectivity index (χ0) is 21.8. The van der Waals surface area contributed by atoms with Crippen LogP contribution >= 0.6 is 0 Å².